The number of aromatic nitrogens is 5. The molecule has 0 unspecified atom stereocenters. The van der Waals surface area contributed by atoms with Crippen molar-refractivity contribution < 1.29 is 4.79 Å². The highest BCUT2D eigenvalue weighted by Gasteiger charge is 2.27. The first-order valence-corrected chi connectivity index (χ1v) is 9.01. The molecule has 4 rings (SSSR count). The zero-order chi connectivity index (χ0) is 18.1. The minimum Gasteiger partial charge on any atom is -0.344 e. The largest absolute Gasteiger partial charge is 0.344 e. The average molecular weight is 350 g/mol. The van der Waals surface area contributed by atoms with Crippen molar-refractivity contribution in [3.8, 4) is 5.82 Å². The molecule has 1 aliphatic carbocycles. The molecular formula is C19H22N6O. The summed E-state index contributed by atoms with van der Waals surface area (Å²) in [5.74, 6) is 0.719. The lowest BCUT2D eigenvalue weighted by atomic mass is 9.93. The molecule has 7 nitrogen and oxygen atoms in total. The quantitative estimate of drug-likeness (QED) is 0.784. The fourth-order valence-electron chi connectivity index (χ4n) is 3.58. The van der Waals surface area contributed by atoms with Crippen LogP contribution >= 0.6 is 0 Å². The van der Waals surface area contributed by atoms with Crippen molar-refractivity contribution >= 4 is 5.91 Å². The third kappa shape index (κ3) is 2.89. The molecule has 1 aliphatic rings. The van der Waals surface area contributed by atoms with Crippen LogP contribution in [-0.2, 0) is 13.0 Å². The molecule has 0 saturated carbocycles. The molecule has 1 atom stereocenters. The SMILES string of the molecule is CCn1nc(C)cc1C(=O)N[C@@H]1CCCc2c1cnn2-c1ccccn1. The van der Waals surface area contributed by atoms with Crippen LogP contribution in [-0.4, -0.2) is 30.5 Å². The van der Waals surface area contributed by atoms with Crippen molar-refractivity contribution in [1.29, 1.82) is 0 Å². The van der Waals surface area contributed by atoms with Gasteiger partial charge in [-0.3, -0.25) is 9.48 Å². The van der Waals surface area contributed by atoms with Gasteiger partial charge < -0.3 is 5.32 Å². The van der Waals surface area contributed by atoms with Crippen LogP contribution in [0.2, 0.25) is 0 Å². The van der Waals surface area contributed by atoms with Crippen molar-refractivity contribution in [2.24, 2.45) is 0 Å². The Bertz CT molecular complexity index is 927. The lowest BCUT2D eigenvalue weighted by Gasteiger charge is -2.24. The predicted molar refractivity (Wildman–Crippen MR) is 97.1 cm³/mol. The van der Waals surface area contributed by atoms with Crippen LogP contribution < -0.4 is 5.32 Å². The third-order valence-corrected chi connectivity index (χ3v) is 4.79. The van der Waals surface area contributed by atoms with Crippen molar-refractivity contribution in [3.63, 3.8) is 0 Å². The Morgan fingerprint density at radius 3 is 3.04 bits per heavy atom. The summed E-state index contributed by atoms with van der Waals surface area (Å²) in [6.45, 7) is 4.56. The highest BCUT2D eigenvalue weighted by atomic mass is 16.2. The zero-order valence-corrected chi connectivity index (χ0v) is 15.0. The van der Waals surface area contributed by atoms with E-state index in [0.717, 1.165) is 42.0 Å². The second-order valence-electron chi connectivity index (χ2n) is 6.55. The van der Waals surface area contributed by atoms with Crippen molar-refractivity contribution in [1.82, 2.24) is 29.9 Å². The standard InChI is InChI=1S/C19H22N6O/c1-3-24-17(11-13(2)23-24)19(26)22-15-7-6-8-16-14(15)12-21-25(16)18-9-4-5-10-20-18/h4-5,9-12,15H,3,6-8H2,1-2H3,(H,22,26)/t15-/m1/s1. The van der Waals surface area contributed by atoms with Crippen LogP contribution in [0, 0.1) is 6.92 Å². The Labute approximate surface area is 152 Å². The van der Waals surface area contributed by atoms with Crippen LogP contribution in [0.15, 0.2) is 36.7 Å². The number of carbonyl (C=O) groups excluding carboxylic acids is 1. The summed E-state index contributed by atoms with van der Waals surface area (Å²) in [5, 5.41) is 12.1. The number of pyridine rings is 1. The molecular weight excluding hydrogens is 328 g/mol. The number of rotatable bonds is 4. The van der Waals surface area contributed by atoms with Gasteiger partial charge >= 0.3 is 0 Å². The van der Waals surface area contributed by atoms with E-state index in [2.05, 4.69) is 20.5 Å². The molecule has 3 aromatic heterocycles. The maximum Gasteiger partial charge on any atom is 0.270 e. The smallest absolute Gasteiger partial charge is 0.270 e. The zero-order valence-electron chi connectivity index (χ0n) is 15.0. The van der Waals surface area contributed by atoms with Gasteiger partial charge in [0.05, 0.1) is 23.6 Å². The molecule has 3 aromatic rings. The Morgan fingerprint density at radius 2 is 2.27 bits per heavy atom. The number of nitrogens with zero attached hydrogens (tertiary/aromatic N) is 5. The van der Waals surface area contributed by atoms with Gasteiger partial charge in [0, 0.05) is 18.3 Å². The summed E-state index contributed by atoms with van der Waals surface area (Å²) in [5.41, 5.74) is 3.66. The van der Waals surface area contributed by atoms with Crippen LogP contribution in [0.5, 0.6) is 0 Å². The Hall–Kier alpha value is -2.96. The van der Waals surface area contributed by atoms with E-state index in [1.807, 2.05) is 49.0 Å². The van der Waals surface area contributed by atoms with E-state index in [0.29, 0.717) is 12.2 Å². The van der Waals surface area contributed by atoms with Crippen LogP contribution in [0.4, 0.5) is 0 Å². The maximum absolute atomic E-state index is 12.8. The normalized spacial score (nSPS) is 16.3. The molecule has 0 fully saturated rings. The minimum absolute atomic E-state index is 0.0378. The number of nitrogens with one attached hydrogen (secondary N) is 1. The molecule has 0 spiro atoms. The summed E-state index contributed by atoms with van der Waals surface area (Å²) in [6.07, 6.45) is 6.47. The number of amides is 1. The van der Waals surface area contributed by atoms with Gasteiger partial charge in [-0.1, -0.05) is 6.07 Å². The summed E-state index contributed by atoms with van der Waals surface area (Å²) >= 11 is 0. The van der Waals surface area contributed by atoms with Gasteiger partial charge in [0.2, 0.25) is 0 Å². The molecule has 3 heterocycles. The van der Waals surface area contributed by atoms with Crippen molar-refractivity contribution in [3.05, 3.63) is 59.3 Å². The monoisotopic (exact) mass is 350 g/mol. The van der Waals surface area contributed by atoms with E-state index in [9.17, 15) is 4.79 Å². The van der Waals surface area contributed by atoms with Crippen molar-refractivity contribution in [2.75, 3.05) is 0 Å². The molecule has 0 aromatic carbocycles. The summed E-state index contributed by atoms with van der Waals surface area (Å²) in [4.78, 5) is 17.2. The van der Waals surface area contributed by atoms with E-state index >= 15 is 0 Å². The Kier molecular flexibility index (Phi) is 4.28. The fraction of sp³-hybridized carbons (Fsp3) is 0.368. The van der Waals surface area contributed by atoms with Gasteiger partial charge in [-0.15, -0.1) is 0 Å². The minimum atomic E-state index is -0.0871. The topological polar surface area (TPSA) is 77.6 Å². The van der Waals surface area contributed by atoms with Crippen molar-refractivity contribution in [2.45, 2.75) is 45.7 Å². The van der Waals surface area contributed by atoms with Gasteiger partial charge in [-0.2, -0.15) is 10.2 Å². The maximum atomic E-state index is 12.8. The van der Waals surface area contributed by atoms with Gasteiger partial charge in [-0.05, 0) is 51.3 Å². The van der Waals surface area contributed by atoms with E-state index < -0.39 is 0 Å². The summed E-state index contributed by atoms with van der Waals surface area (Å²) < 4.78 is 3.62. The highest BCUT2D eigenvalue weighted by Crippen LogP contribution is 2.31. The summed E-state index contributed by atoms with van der Waals surface area (Å²) in [7, 11) is 0. The van der Waals surface area contributed by atoms with Crippen LogP contribution in [0.1, 0.15) is 53.2 Å². The summed E-state index contributed by atoms with van der Waals surface area (Å²) in [6, 6.07) is 7.58. The molecule has 0 radical (unpaired) electrons. The second kappa shape index (κ2) is 6.74. The average Bonchev–Trinajstić information content (AvgIpc) is 3.26. The lowest BCUT2D eigenvalue weighted by molar-refractivity contribution is 0.0922. The number of aryl methyl sites for hydroxylation is 2. The number of fused-ring (bicyclic) bond motifs is 1. The first-order chi connectivity index (χ1) is 12.7. The Balaban J connectivity index is 1.61. The fourth-order valence-corrected chi connectivity index (χ4v) is 3.58. The lowest BCUT2D eigenvalue weighted by Crippen LogP contribution is -2.32. The number of hydrogen-bond acceptors (Lipinski definition) is 4. The molecule has 1 amide bonds. The van der Waals surface area contributed by atoms with E-state index in [1.54, 1.807) is 10.9 Å². The van der Waals surface area contributed by atoms with Crippen LogP contribution in [0.25, 0.3) is 5.82 Å². The van der Waals surface area contributed by atoms with Gasteiger partial charge in [0.25, 0.3) is 5.91 Å². The van der Waals surface area contributed by atoms with Gasteiger partial charge in [-0.25, -0.2) is 9.67 Å². The molecule has 0 aliphatic heterocycles. The molecule has 134 valence electrons. The highest BCUT2D eigenvalue weighted by molar-refractivity contribution is 5.93. The second-order valence-corrected chi connectivity index (χ2v) is 6.55. The molecule has 7 heteroatoms. The number of hydrogen-bond donors (Lipinski definition) is 1. The first kappa shape index (κ1) is 16.5. The van der Waals surface area contributed by atoms with E-state index in [4.69, 9.17) is 0 Å². The van der Waals surface area contributed by atoms with E-state index in [1.165, 1.54) is 0 Å². The number of carbonyl (C=O) groups is 1. The third-order valence-electron chi connectivity index (χ3n) is 4.79. The molecule has 1 N–H and O–H groups in total. The first-order valence-electron chi connectivity index (χ1n) is 9.01. The molecule has 0 bridgehead atoms. The van der Waals surface area contributed by atoms with Gasteiger partial charge in [0.15, 0.2) is 5.82 Å². The predicted octanol–water partition coefficient (Wildman–Crippen LogP) is 2.60. The molecule has 26 heavy (non-hydrogen) atoms. The van der Waals surface area contributed by atoms with Crippen LogP contribution in [0.3, 0.4) is 0 Å². The van der Waals surface area contributed by atoms with E-state index in [-0.39, 0.29) is 11.9 Å². The van der Waals surface area contributed by atoms with Gasteiger partial charge in [0.1, 0.15) is 5.69 Å². The molecule has 0 saturated heterocycles. The Morgan fingerprint density at radius 1 is 1.38 bits per heavy atom.